The minimum absolute atomic E-state index is 0.507. The molecule has 0 aliphatic carbocycles. The highest BCUT2D eigenvalue weighted by molar-refractivity contribution is 5.72. The van der Waals surface area contributed by atoms with Gasteiger partial charge in [-0.15, -0.1) is 0 Å². The van der Waals surface area contributed by atoms with Gasteiger partial charge in [0.2, 0.25) is 0 Å². The Hall–Kier alpha value is -1.77. The van der Waals surface area contributed by atoms with E-state index in [1.807, 2.05) is 19.2 Å². The van der Waals surface area contributed by atoms with E-state index in [1.165, 1.54) is 0 Å². The van der Waals surface area contributed by atoms with Gasteiger partial charge in [0.1, 0.15) is 6.07 Å². The van der Waals surface area contributed by atoms with E-state index in [-0.39, 0.29) is 0 Å². The van der Waals surface area contributed by atoms with Gasteiger partial charge in [-0.3, -0.25) is 0 Å². The maximum Gasteiger partial charge on any atom is 0.101 e. The minimum Gasteiger partial charge on any atom is -0.396 e. The van der Waals surface area contributed by atoms with Crippen LogP contribution in [-0.2, 0) is 4.74 Å². The molecule has 0 spiro atoms. The lowest BCUT2D eigenvalue weighted by molar-refractivity contribution is 0.163. The number of nitrogens with two attached hydrogens (primary N) is 1. The smallest absolute Gasteiger partial charge is 0.101 e. The van der Waals surface area contributed by atoms with Gasteiger partial charge in [-0.25, -0.2) is 0 Å². The van der Waals surface area contributed by atoms with Crippen molar-refractivity contribution in [1.29, 1.82) is 5.26 Å². The van der Waals surface area contributed by atoms with Crippen LogP contribution in [0.25, 0.3) is 0 Å². The first-order valence-corrected chi connectivity index (χ1v) is 5.89. The first kappa shape index (κ1) is 14.3. The Kier molecular flexibility index (Phi) is 5.98. The summed E-state index contributed by atoms with van der Waals surface area (Å²) in [6.45, 7) is 3.29. The Morgan fingerprint density at radius 3 is 2.89 bits per heavy atom. The van der Waals surface area contributed by atoms with Crippen molar-refractivity contribution in [2.75, 3.05) is 51.4 Å². The SMILES string of the molecule is COCCN(C)CCNc1cccc(C#N)c1N. The molecule has 0 radical (unpaired) electrons. The number of nitrogens with zero attached hydrogens (tertiary/aromatic N) is 2. The topological polar surface area (TPSA) is 74.3 Å². The van der Waals surface area contributed by atoms with Gasteiger partial charge in [-0.2, -0.15) is 5.26 Å². The van der Waals surface area contributed by atoms with Gasteiger partial charge in [-0.05, 0) is 19.2 Å². The fourth-order valence-electron chi connectivity index (χ4n) is 1.56. The molecule has 1 aromatic carbocycles. The van der Waals surface area contributed by atoms with Gasteiger partial charge in [0.05, 0.1) is 23.5 Å². The van der Waals surface area contributed by atoms with Crippen LogP contribution in [0.3, 0.4) is 0 Å². The number of rotatable bonds is 7. The van der Waals surface area contributed by atoms with Gasteiger partial charge >= 0.3 is 0 Å². The number of methoxy groups -OCH3 is 1. The van der Waals surface area contributed by atoms with Crippen molar-refractivity contribution >= 4 is 11.4 Å². The quantitative estimate of drug-likeness (QED) is 0.708. The molecular weight excluding hydrogens is 228 g/mol. The number of likely N-dealkylation sites (N-methyl/N-ethyl adjacent to an activating group) is 1. The van der Waals surface area contributed by atoms with E-state index in [9.17, 15) is 0 Å². The Morgan fingerprint density at radius 1 is 1.44 bits per heavy atom. The molecule has 0 saturated carbocycles. The zero-order valence-electron chi connectivity index (χ0n) is 10.9. The molecule has 1 aromatic rings. The van der Waals surface area contributed by atoms with Gasteiger partial charge in [0.15, 0.2) is 0 Å². The van der Waals surface area contributed by atoms with Crippen molar-refractivity contribution in [2.45, 2.75) is 0 Å². The highest BCUT2D eigenvalue weighted by atomic mass is 16.5. The molecule has 1 rings (SSSR count). The third kappa shape index (κ3) is 4.24. The summed E-state index contributed by atoms with van der Waals surface area (Å²) in [4.78, 5) is 2.17. The van der Waals surface area contributed by atoms with Crippen LogP contribution in [0.4, 0.5) is 11.4 Å². The van der Waals surface area contributed by atoms with Crippen LogP contribution >= 0.6 is 0 Å². The molecule has 5 nitrogen and oxygen atoms in total. The summed E-state index contributed by atoms with van der Waals surface area (Å²) in [5.41, 5.74) is 7.71. The number of hydrogen-bond donors (Lipinski definition) is 2. The minimum atomic E-state index is 0.507. The molecule has 0 atom stereocenters. The van der Waals surface area contributed by atoms with E-state index in [2.05, 4.69) is 16.3 Å². The van der Waals surface area contributed by atoms with Gasteiger partial charge in [-0.1, -0.05) is 6.07 Å². The van der Waals surface area contributed by atoms with Crippen molar-refractivity contribution in [1.82, 2.24) is 4.90 Å². The first-order valence-electron chi connectivity index (χ1n) is 5.89. The van der Waals surface area contributed by atoms with Crippen molar-refractivity contribution < 1.29 is 4.74 Å². The van der Waals surface area contributed by atoms with Gasteiger partial charge < -0.3 is 20.7 Å². The molecule has 5 heteroatoms. The average molecular weight is 248 g/mol. The second-order valence-electron chi connectivity index (χ2n) is 4.10. The summed E-state index contributed by atoms with van der Waals surface area (Å²) >= 11 is 0. The lowest BCUT2D eigenvalue weighted by atomic mass is 10.1. The molecule has 18 heavy (non-hydrogen) atoms. The predicted octanol–water partition coefficient (Wildman–Crippen LogP) is 1.13. The van der Waals surface area contributed by atoms with E-state index in [1.54, 1.807) is 13.2 Å². The molecule has 98 valence electrons. The van der Waals surface area contributed by atoms with Crippen LogP contribution in [0.1, 0.15) is 5.56 Å². The first-order chi connectivity index (χ1) is 8.69. The van der Waals surface area contributed by atoms with Gasteiger partial charge in [0.25, 0.3) is 0 Å². The largest absolute Gasteiger partial charge is 0.396 e. The standard InChI is InChI=1S/C13H20N4O/c1-17(8-9-18-2)7-6-16-12-5-3-4-11(10-14)13(12)15/h3-5,16H,6-9,15H2,1-2H3. The van der Waals surface area contributed by atoms with Crippen molar-refractivity contribution in [2.24, 2.45) is 0 Å². The van der Waals surface area contributed by atoms with Gasteiger partial charge in [0, 0.05) is 26.7 Å². The van der Waals surface area contributed by atoms with E-state index in [0.29, 0.717) is 11.3 Å². The number of hydrogen-bond acceptors (Lipinski definition) is 5. The summed E-state index contributed by atoms with van der Waals surface area (Å²) < 4.78 is 5.01. The second kappa shape index (κ2) is 7.54. The second-order valence-corrected chi connectivity index (χ2v) is 4.10. The maximum atomic E-state index is 8.87. The molecule has 3 N–H and O–H groups in total. The number of nitriles is 1. The van der Waals surface area contributed by atoms with E-state index < -0.39 is 0 Å². The monoisotopic (exact) mass is 248 g/mol. The average Bonchev–Trinajstić information content (AvgIpc) is 2.38. The lowest BCUT2D eigenvalue weighted by Crippen LogP contribution is -2.28. The molecule has 0 amide bonds. The summed E-state index contributed by atoms with van der Waals surface area (Å²) in [5.74, 6) is 0. The molecule has 0 bridgehead atoms. The molecule has 0 fully saturated rings. The Labute approximate surface area is 108 Å². The third-order valence-electron chi connectivity index (χ3n) is 2.71. The molecule has 0 saturated heterocycles. The normalized spacial score (nSPS) is 10.3. The number of ether oxygens (including phenoxy) is 1. The molecule has 0 aromatic heterocycles. The van der Waals surface area contributed by atoms with E-state index in [4.69, 9.17) is 15.7 Å². The summed E-state index contributed by atoms with van der Waals surface area (Å²) in [7, 11) is 3.73. The lowest BCUT2D eigenvalue weighted by Gasteiger charge is -2.17. The fourth-order valence-corrected chi connectivity index (χ4v) is 1.56. The van der Waals surface area contributed by atoms with Crippen LogP contribution in [0.2, 0.25) is 0 Å². The number of nitrogens with one attached hydrogen (secondary N) is 1. The Morgan fingerprint density at radius 2 is 2.22 bits per heavy atom. The predicted molar refractivity (Wildman–Crippen MR) is 73.4 cm³/mol. The summed E-state index contributed by atoms with van der Waals surface area (Å²) in [6.07, 6.45) is 0. The molecular formula is C13H20N4O. The Balaban J connectivity index is 2.42. The zero-order valence-corrected chi connectivity index (χ0v) is 10.9. The van der Waals surface area contributed by atoms with Crippen LogP contribution < -0.4 is 11.1 Å². The maximum absolute atomic E-state index is 8.87. The highest BCUT2D eigenvalue weighted by Crippen LogP contribution is 2.21. The van der Waals surface area contributed by atoms with E-state index >= 15 is 0 Å². The van der Waals surface area contributed by atoms with Crippen LogP contribution in [-0.4, -0.2) is 45.3 Å². The molecule has 0 heterocycles. The molecule has 0 aliphatic rings. The van der Waals surface area contributed by atoms with Crippen LogP contribution in [0, 0.1) is 11.3 Å². The number of nitrogen functional groups attached to an aromatic ring is 1. The molecule has 0 aliphatic heterocycles. The van der Waals surface area contributed by atoms with Crippen molar-refractivity contribution in [3.8, 4) is 6.07 Å². The number of benzene rings is 1. The van der Waals surface area contributed by atoms with Crippen LogP contribution in [0.5, 0.6) is 0 Å². The number of anilines is 2. The van der Waals surface area contributed by atoms with Crippen molar-refractivity contribution in [3.05, 3.63) is 23.8 Å². The Bertz CT molecular complexity index is 414. The molecule has 0 unspecified atom stereocenters. The third-order valence-corrected chi connectivity index (χ3v) is 2.71. The summed E-state index contributed by atoms with van der Waals surface area (Å²) in [5, 5.41) is 12.1. The zero-order chi connectivity index (χ0) is 13.4. The van der Waals surface area contributed by atoms with Crippen molar-refractivity contribution in [3.63, 3.8) is 0 Å². The fraction of sp³-hybridized carbons (Fsp3) is 0.462. The van der Waals surface area contributed by atoms with E-state index in [0.717, 1.165) is 31.9 Å². The number of para-hydroxylation sites is 1. The summed E-state index contributed by atoms with van der Waals surface area (Å²) in [6, 6.07) is 7.49. The van der Waals surface area contributed by atoms with Crippen LogP contribution in [0.15, 0.2) is 18.2 Å². The highest BCUT2D eigenvalue weighted by Gasteiger charge is 2.04.